The van der Waals surface area contributed by atoms with E-state index in [0.717, 1.165) is 32.2 Å². The average Bonchev–Trinajstić information content (AvgIpc) is 3.42. The van der Waals surface area contributed by atoms with E-state index in [4.69, 9.17) is 4.52 Å². The fraction of sp³-hybridized carbons (Fsp3) is 0.368. The lowest BCUT2D eigenvalue weighted by Gasteiger charge is -2.21. The van der Waals surface area contributed by atoms with Gasteiger partial charge in [-0.3, -0.25) is 9.78 Å². The molecule has 3 aromatic heterocycles. The van der Waals surface area contributed by atoms with Gasteiger partial charge in [-0.25, -0.2) is 0 Å². The van der Waals surface area contributed by atoms with Crippen molar-refractivity contribution in [3.63, 3.8) is 0 Å². The van der Waals surface area contributed by atoms with E-state index in [1.807, 2.05) is 29.2 Å². The Balaban J connectivity index is 1.40. The molecule has 0 bridgehead atoms. The van der Waals surface area contributed by atoms with E-state index in [-0.39, 0.29) is 11.9 Å². The highest BCUT2D eigenvalue weighted by Crippen LogP contribution is 2.32. The third kappa shape index (κ3) is 3.67. The number of hydrogen-bond donors (Lipinski definition) is 0. The molecule has 1 fully saturated rings. The number of thiophene rings is 1. The molecule has 0 aromatic carbocycles. The number of pyridine rings is 1. The lowest BCUT2D eigenvalue weighted by molar-refractivity contribution is -0.132. The van der Waals surface area contributed by atoms with Crippen LogP contribution in [0.4, 0.5) is 0 Å². The monoisotopic (exact) mass is 368 g/mol. The summed E-state index contributed by atoms with van der Waals surface area (Å²) in [6, 6.07) is 9.62. The summed E-state index contributed by atoms with van der Waals surface area (Å²) in [5, 5.41) is 6.11. The van der Waals surface area contributed by atoms with Gasteiger partial charge in [-0.2, -0.15) is 4.98 Å². The number of carbonyl (C=O) groups excluding carboxylic acids is 1. The van der Waals surface area contributed by atoms with Gasteiger partial charge in [0.25, 0.3) is 0 Å². The molecule has 4 heterocycles. The lowest BCUT2D eigenvalue weighted by atomic mass is 10.1. The summed E-state index contributed by atoms with van der Waals surface area (Å²) in [6.07, 6.45) is 5.89. The maximum atomic E-state index is 12.7. The minimum atomic E-state index is -0.116. The fourth-order valence-corrected chi connectivity index (χ4v) is 4.06. The summed E-state index contributed by atoms with van der Waals surface area (Å²) < 4.78 is 5.45. The molecule has 4 rings (SSSR count). The average molecular weight is 368 g/mol. The maximum absolute atomic E-state index is 12.7. The molecular weight excluding hydrogens is 348 g/mol. The van der Waals surface area contributed by atoms with Crippen molar-refractivity contribution < 1.29 is 9.32 Å². The van der Waals surface area contributed by atoms with Crippen LogP contribution in [0.1, 0.15) is 42.5 Å². The van der Waals surface area contributed by atoms with E-state index in [0.29, 0.717) is 23.8 Å². The van der Waals surface area contributed by atoms with Crippen LogP contribution in [0.25, 0.3) is 11.5 Å². The third-order valence-corrected chi connectivity index (χ3v) is 5.52. The molecule has 1 atom stereocenters. The van der Waals surface area contributed by atoms with Gasteiger partial charge in [0.05, 0.1) is 0 Å². The summed E-state index contributed by atoms with van der Waals surface area (Å²) in [6.45, 7) is 0.754. The zero-order valence-corrected chi connectivity index (χ0v) is 15.2. The van der Waals surface area contributed by atoms with Crippen LogP contribution in [-0.2, 0) is 11.2 Å². The summed E-state index contributed by atoms with van der Waals surface area (Å²) in [4.78, 5) is 24.6. The molecule has 1 aliphatic rings. The smallest absolute Gasteiger partial charge is 0.249 e. The maximum Gasteiger partial charge on any atom is 0.249 e. The van der Waals surface area contributed by atoms with Gasteiger partial charge in [-0.1, -0.05) is 17.3 Å². The number of hydrogen-bond acceptors (Lipinski definition) is 6. The van der Waals surface area contributed by atoms with Crippen LogP contribution < -0.4 is 0 Å². The van der Waals surface area contributed by atoms with Gasteiger partial charge in [-0.15, -0.1) is 11.3 Å². The van der Waals surface area contributed by atoms with E-state index in [1.165, 1.54) is 4.88 Å². The minimum Gasteiger partial charge on any atom is -0.337 e. The molecule has 0 radical (unpaired) electrons. The first kappa shape index (κ1) is 16.9. The second-order valence-electron chi connectivity index (χ2n) is 6.35. The van der Waals surface area contributed by atoms with Crippen molar-refractivity contribution in [3.05, 3.63) is 52.7 Å². The van der Waals surface area contributed by atoms with Crippen molar-refractivity contribution in [2.45, 2.75) is 38.1 Å². The number of amides is 1. The summed E-state index contributed by atoms with van der Waals surface area (Å²) in [5.41, 5.74) is 0.675. The van der Waals surface area contributed by atoms with Crippen molar-refractivity contribution >= 4 is 17.2 Å². The first-order chi connectivity index (χ1) is 12.8. The van der Waals surface area contributed by atoms with E-state index in [9.17, 15) is 4.79 Å². The van der Waals surface area contributed by atoms with E-state index >= 15 is 0 Å². The van der Waals surface area contributed by atoms with Gasteiger partial charge in [0.1, 0.15) is 11.7 Å². The van der Waals surface area contributed by atoms with Crippen molar-refractivity contribution in [3.8, 4) is 11.5 Å². The highest BCUT2D eigenvalue weighted by molar-refractivity contribution is 7.09. The standard InChI is InChI=1S/C19H20N4O2S/c24-17(10-3-6-14-7-5-13-26-14)23-12-4-9-16(23)19-21-18(22-25-19)15-8-1-2-11-20-15/h1-2,5,7-8,11,13,16H,3-4,6,9-10,12H2/t16-/m0/s1. The molecule has 0 spiro atoms. The summed E-state index contributed by atoms with van der Waals surface area (Å²) in [7, 11) is 0. The Morgan fingerprint density at radius 3 is 3.08 bits per heavy atom. The quantitative estimate of drug-likeness (QED) is 0.660. The van der Waals surface area contributed by atoms with Gasteiger partial charge < -0.3 is 9.42 Å². The number of aromatic nitrogens is 3. The van der Waals surface area contributed by atoms with Crippen LogP contribution in [0.5, 0.6) is 0 Å². The van der Waals surface area contributed by atoms with Crippen molar-refractivity contribution in [2.24, 2.45) is 0 Å². The van der Waals surface area contributed by atoms with Crippen LogP contribution in [0.2, 0.25) is 0 Å². The Bertz CT molecular complexity index is 848. The highest BCUT2D eigenvalue weighted by Gasteiger charge is 2.33. The Hall–Kier alpha value is -2.54. The van der Waals surface area contributed by atoms with Gasteiger partial charge in [-0.05, 0) is 49.3 Å². The number of aryl methyl sites for hydroxylation is 1. The molecule has 134 valence electrons. The summed E-state index contributed by atoms with van der Waals surface area (Å²) >= 11 is 1.74. The van der Waals surface area contributed by atoms with Crippen molar-refractivity contribution in [2.75, 3.05) is 6.54 Å². The molecule has 1 aliphatic heterocycles. The molecule has 0 aliphatic carbocycles. The predicted octanol–water partition coefficient (Wildman–Crippen LogP) is 3.88. The zero-order chi connectivity index (χ0) is 17.8. The molecule has 3 aromatic rings. The Kier molecular flexibility index (Phi) is 5.06. The Labute approximate surface area is 155 Å². The number of rotatable bonds is 6. The first-order valence-electron chi connectivity index (χ1n) is 8.88. The minimum absolute atomic E-state index is 0.116. The Morgan fingerprint density at radius 2 is 2.27 bits per heavy atom. The molecule has 0 saturated carbocycles. The van der Waals surface area contributed by atoms with Gasteiger partial charge >= 0.3 is 0 Å². The van der Waals surface area contributed by atoms with Crippen LogP contribution in [-0.4, -0.2) is 32.5 Å². The highest BCUT2D eigenvalue weighted by atomic mass is 32.1. The lowest BCUT2D eigenvalue weighted by Crippen LogP contribution is -2.30. The second kappa shape index (κ2) is 7.78. The number of nitrogens with zero attached hydrogens (tertiary/aromatic N) is 4. The Morgan fingerprint density at radius 1 is 1.31 bits per heavy atom. The number of likely N-dealkylation sites (tertiary alicyclic amines) is 1. The predicted molar refractivity (Wildman–Crippen MR) is 98.5 cm³/mol. The largest absolute Gasteiger partial charge is 0.337 e. The molecule has 7 heteroatoms. The molecule has 6 nitrogen and oxygen atoms in total. The van der Waals surface area contributed by atoms with Crippen LogP contribution in [0.15, 0.2) is 46.4 Å². The van der Waals surface area contributed by atoms with Gasteiger partial charge in [0.15, 0.2) is 0 Å². The van der Waals surface area contributed by atoms with Crippen LogP contribution in [0.3, 0.4) is 0 Å². The van der Waals surface area contributed by atoms with Gasteiger partial charge in [0, 0.05) is 24.0 Å². The zero-order valence-electron chi connectivity index (χ0n) is 14.4. The summed E-state index contributed by atoms with van der Waals surface area (Å²) in [5.74, 6) is 1.15. The van der Waals surface area contributed by atoms with Crippen LogP contribution in [0, 0.1) is 0 Å². The number of carbonyl (C=O) groups is 1. The SMILES string of the molecule is O=C(CCCc1cccs1)N1CCC[C@H]1c1nc(-c2ccccn2)no1. The van der Waals surface area contributed by atoms with E-state index < -0.39 is 0 Å². The van der Waals surface area contributed by atoms with E-state index in [1.54, 1.807) is 17.5 Å². The molecule has 0 N–H and O–H groups in total. The molecule has 1 saturated heterocycles. The molecule has 0 unspecified atom stereocenters. The van der Waals surface area contributed by atoms with Crippen molar-refractivity contribution in [1.29, 1.82) is 0 Å². The topological polar surface area (TPSA) is 72.1 Å². The van der Waals surface area contributed by atoms with E-state index in [2.05, 4.69) is 26.6 Å². The molecule has 26 heavy (non-hydrogen) atoms. The van der Waals surface area contributed by atoms with Gasteiger partial charge in [0.2, 0.25) is 17.6 Å². The molecule has 1 amide bonds. The normalized spacial score (nSPS) is 16.9. The second-order valence-corrected chi connectivity index (χ2v) is 7.38. The third-order valence-electron chi connectivity index (χ3n) is 4.59. The molecular formula is C19H20N4O2S. The van der Waals surface area contributed by atoms with Crippen LogP contribution >= 0.6 is 11.3 Å². The van der Waals surface area contributed by atoms with Crippen molar-refractivity contribution in [1.82, 2.24) is 20.0 Å². The fourth-order valence-electron chi connectivity index (χ4n) is 3.30. The first-order valence-corrected chi connectivity index (χ1v) is 9.76.